The highest BCUT2D eigenvalue weighted by molar-refractivity contribution is 5.44. The van der Waals surface area contributed by atoms with Crippen LogP contribution in [0.5, 0.6) is 0 Å². The number of hydrazine groups is 1. The zero-order chi connectivity index (χ0) is 13.4. The summed E-state index contributed by atoms with van der Waals surface area (Å²) >= 11 is 0. The van der Waals surface area contributed by atoms with E-state index in [1.54, 1.807) is 6.92 Å². The normalized spacial score (nSPS) is 12.7. The summed E-state index contributed by atoms with van der Waals surface area (Å²) in [6, 6.07) is 10.0. The van der Waals surface area contributed by atoms with Gasteiger partial charge >= 0.3 is 0 Å². The van der Waals surface area contributed by atoms with Gasteiger partial charge in [0.05, 0.1) is 11.8 Å². The molecule has 0 saturated carbocycles. The average Bonchev–Trinajstić information content (AvgIpc) is 2.36. The van der Waals surface area contributed by atoms with Crippen molar-refractivity contribution in [2.24, 2.45) is 11.5 Å². The van der Waals surface area contributed by atoms with Gasteiger partial charge in [-0.15, -0.1) is 0 Å². The van der Waals surface area contributed by atoms with E-state index in [-0.39, 0.29) is 0 Å². The number of anilines is 1. The van der Waals surface area contributed by atoms with Crippen LogP contribution >= 0.6 is 0 Å². The fourth-order valence-electron chi connectivity index (χ4n) is 1.92. The molecule has 0 amide bonds. The minimum Gasteiger partial charge on any atom is -0.392 e. The minimum atomic E-state index is -0.402. The quantitative estimate of drug-likeness (QED) is 0.568. The highest BCUT2D eigenvalue weighted by atomic mass is 16.3. The molecule has 0 spiro atoms. The molecule has 0 aromatic heterocycles. The van der Waals surface area contributed by atoms with Gasteiger partial charge in [0.1, 0.15) is 0 Å². The Hall–Kier alpha value is -1.14. The molecule has 0 heterocycles. The number of benzene rings is 1. The fourth-order valence-corrected chi connectivity index (χ4v) is 1.92. The standard InChI is InChI=1S/C13H24N4O/c1-12(18)11-16(9-7-14)17(10-8-15)13-5-3-2-4-6-13/h2-6,12,18H,7-11,14-15H2,1H3. The molecule has 5 N–H and O–H groups in total. The van der Waals surface area contributed by atoms with Crippen molar-refractivity contribution in [3.05, 3.63) is 30.3 Å². The third-order valence-electron chi connectivity index (χ3n) is 2.60. The van der Waals surface area contributed by atoms with Crippen molar-refractivity contribution >= 4 is 5.69 Å². The van der Waals surface area contributed by atoms with Crippen molar-refractivity contribution in [3.8, 4) is 0 Å². The molecule has 102 valence electrons. The maximum Gasteiger partial charge on any atom is 0.0657 e. The zero-order valence-electron chi connectivity index (χ0n) is 11.0. The highest BCUT2D eigenvalue weighted by Crippen LogP contribution is 2.15. The molecule has 5 heteroatoms. The van der Waals surface area contributed by atoms with E-state index in [2.05, 4.69) is 5.01 Å². The summed E-state index contributed by atoms with van der Waals surface area (Å²) in [6.07, 6.45) is -0.402. The monoisotopic (exact) mass is 252 g/mol. The van der Waals surface area contributed by atoms with Crippen molar-refractivity contribution in [2.75, 3.05) is 37.7 Å². The topological polar surface area (TPSA) is 78.8 Å². The van der Waals surface area contributed by atoms with Crippen LogP contribution < -0.4 is 16.5 Å². The molecule has 0 aliphatic heterocycles. The van der Waals surface area contributed by atoms with Gasteiger partial charge in [-0.3, -0.25) is 0 Å². The molecule has 0 radical (unpaired) electrons. The van der Waals surface area contributed by atoms with Gasteiger partial charge in [-0.1, -0.05) is 18.2 Å². The second-order valence-corrected chi connectivity index (χ2v) is 4.30. The molecule has 0 aliphatic carbocycles. The molecular weight excluding hydrogens is 228 g/mol. The Bertz CT molecular complexity index is 318. The van der Waals surface area contributed by atoms with Gasteiger partial charge in [-0.05, 0) is 19.1 Å². The molecule has 5 nitrogen and oxygen atoms in total. The highest BCUT2D eigenvalue weighted by Gasteiger charge is 2.16. The second kappa shape index (κ2) is 8.05. The van der Waals surface area contributed by atoms with Crippen LogP contribution in [0.3, 0.4) is 0 Å². The van der Waals surface area contributed by atoms with Gasteiger partial charge in [0.25, 0.3) is 0 Å². The Morgan fingerprint density at radius 1 is 1.11 bits per heavy atom. The summed E-state index contributed by atoms with van der Waals surface area (Å²) in [5.74, 6) is 0. The molecule has 0 bridgehead atoms. The maximum atomic E-state index is 9.57. The largest absolute Gasteiger partial charge is 0.392 e. The predicted molar refractivity (Wildman–Crippen MR) is 75.2 cm³/mol. The lowest BCUT2D eigenvalue weighted by Crippen LogP contribution is -2.50. The lowest BCUT2D eigenvalue weighted by atomic mass is 10.3. The number of hydrogen-bond acceptors (Lipinski definition) is 5. The minimum absolute atomic E-state index is 0.402. The molecule has 0 aliphatic rings. The van der Waals surface area contributed by atoms with Gasteiger partial charge in [0, 0.05) is 32.7 Å². The lowest BCUT2D eigenvalue weighted by molar-refractivity contribution is 0.121. The smallest absolute Gasteiger partial charge is 0.0657 e. The zero-order valence-corrected chi connectivity index (χ0v) is 11.0. The van der Waals surface area contributed by atoms with E-state index in [1.165, 1.54) is 0 Å². The van der Waals surface area contributed by atoms with E-state index in [4.69, 9.17) is 11.5 Å². The van der Waals surface area contributed by atoms with Crippen molar-refractivity contribution in [2.45, 2.75) is 13.0 Å². The van der Waals surface area contributed by atoms with E-state index in [0.717, 1.165) is 5.69 Å². The van der Waals surface area contributed by atoms with E-state index >= 15 is 0 Å². The van der Waals surface area contributed by atoms with Crippen LogP contribution in [0.15, 0.2) is 30.3 Å². The molecule has 1 rings (SSSR count). The van der Waals surface area contributed by atoms with E-state index in [1.807, 2.05) is 35.3 Å². The molecule has 18 heavy (non-hydrogen) atoms. The van der Waals surface area contributed by atoms with Crippen LogP contribution in [0.1, 0.15) is 6.92 Å². The Balaban J connectivity index is 2.85. The molecule has 0 saturated heterocycles. The molecule has 1 unspecified atom stereocenters. The molecule has 1 aromatic rings. The third-order valence-corrected chi connectivity index (χ3v) is 2.60. The predicted octanol–water partition coefficient (Wildman–Crippen LogP) is 0.00820. The summed E-state index contributed by atoms with van der Waals surface area (Å²) in [4.78, 5) is 0. The second-order valence-electron chi connectivity index (χ2n) is 4.30. The third kappa shape index (κ3) is 4.62. The van der Waals surface area contributed by atoms with Gasteiger partial charge in [-0.2, -0.15) is 0 Å². The van der Waals surface area contributed by atoms with E-state index in [0.29, 0.717) is 32.7 Å². The SMILES string of the molecule is CC(O)CN(CCN)N(CCN)c1ccccc1. The van der Waals surface area contributed by atoms with Crippen LogP contribution in [0.4, 0.5) is 5.69 Å². The molecule has 1 aromatic carbocycles. The Morgan fingerprint density at radius 3 is 2.22 bits per heavy atom. The van der Waals surface area contributed by atoms with Gasteiger partial charge in [0.2, 0.25) is 0 Å². The van der Waals surface area contributed by atoms with Gasteiger partial charge < -0.3 is 21.6 Å². The maximum absolute atomic E-state index is 9.57. The first-order valence-electron chi connectivity index (χ1n) is 6.34. The van der Waals surface area contributed by atoms with Crippen LogP contribution in [0, 0.1) is 0 Å². The average molecular weight is 252 g/mol. The Labute approximate surface area is 109 Å². The summed E-state index contributed by atoms with van der Waals surface area (Å²) in [6.45, 7) is 4.81. The van der Waals surface area contributed by atoms with E-state index in [9.17, 15) is 5.11 Å². The van der Waals surface area contributed by atoms with Crippen LogP contribution in [-0.4, -0.2) is 48.9 Å². The lowest BCUT2D eigenvalue weighted by Gasteiger charge is -2.37. The first kappa shape index (κ1) is 14.9. The van der Waals surface area contributed by atoms with Crippen LogP contribution in [0.25, 0.3) is 0 Å². The van der Waals surface area contributed by atoms with E-state index < -0.39 is 6.10 Å². The number of nitrogens with zero attached hydrogens (tertiary/aromatic N) is 2. The van der Waals surface area contributed by atoms with Crippen LogP contribution in [-0.2, 0) is 0 Å². The number of aliphatic hydroxyl groups is 1. The molecule has 0 fully saturated rings. The molecule has 1 atom stereocenters. The summed E-state index contributed by atoms with van der Waals surface area (Å²) in [5, 5.41) is 13.7. The van der Waals surface area contributed by atoms with Crippen molar-refractivity contribution in [3.63, 3.8) is 0 Å². The Kier molecular flexibility index (Phi) is 6.67. The number of hydrogen-bond donors (Lipinski definition) is 3. The van der Waals surface area contributed by atoms with Crippen molar-refractivity contribution in [1.82, 2.24) is 5.01 Å². The first-order valence-corrected chi connectivity index (χ1v) is 6.34. The van der Waals surface area contributed by atoms with Crippen LogP contribution in [0.2, 0.25) is 0 Å². The number of para-hydroxylation sites is 1. The Morgan fingerprint density at radius 2 is 1.72 bits per heavy atom. The number of rotatable bonds is 8. The van der Waals surface area contributed by atoms with Crippen molar-refractivity contribution in [1.29, 1.82) is 0 Å². The summed E-state index contributed by atoms with van der Waals surface area (Å²) in [5.41, 5.74) is 12.4. The first-order chi connectivity index (χ1) is 8.69. The number of aliphatic hydroxyl groups excluding tert-OH is 1. The van der Waals surface area contributed by atoms with Gasteiger partial charge in [-0.25, -0.2) is 5.01 Å². The molecular formula is C13H24N4O. The van der Waals surface area contributed by atoms with Gasteiger partial charge in [0.15, 0.2) is 0 Å². The number of nitrogens with two attached hydrogens (primary N) is 2. The summed E-state index contributed by atoms with van der Waals surface area (Å²) in [7, 11) is 0. The fraction of sp³-hybridized carbons (Fsp3) is 0.538. The summed E-state index contributed by atoms with van der Waals surface area (Å²) < 4.78 is 0. The van der Waals surface area contributed by atoms with Crippen molar-refractivity contribution < 1.29 is 5.11 Å².